The van der Waals surface area contributed by atoms with Crippen LogP contribution in [-0.2, 0) is 13.2 Å². The van der Waals surface area contributed by atoms with Gasteiger partial charge in [0.15, 0.2) is 0 Å². The Hall–Kier alpha value is -1.94. The number of halogens is 2. The molecule has 4 heteroatoms. The van der Waals surface area contributed by atoms with Gasteiger partial charge in [-0.1, -0.05) is 32.0 Å². The lowest BCUT2D eigenvalue weighted by Crippen LogP contribution is -2.21. The minimum absolute atomic E-state index is 0.0526. The summed E-state index contributed by atoms with van der Waals surface area (Å²) in [6.07, 6.45) is 0. The van der Waals surface area contributed by atoms with Gasteiger partial charge in [-0.2, -0.15) is 0 Å². The largest absolute Gasteiger partial charge is 0.489 e. The minimum atomic E-state index is -0.590. The predicted molar refractivity (Wildman–Crippen MR) is 79.1 cm³/mol. The van der Waals surface area contributed by atoms with Gasteiger partial charge in [-0.05, 0) is 29.8 Å². The van der Waals surface area contributed by atoms with Crippen LogP contribution in [0.5, 0.6) is 5.75 Å². The van der Waals surface area contributed by atoms with Gasteiger partial charge in [0.05, 0.1) is 5.56 Å². The summed E-state index contributed by atoms with van der Waals surface area (Å²) < 4.78 is 32.5. The molecule has 0 unspecified atom stereocenters. The molecule has 0 radical (unpaired) electrons. The Labute approximate surface area is 123 Å². The molecule has 0 fully saturated rings. The average Bonchev–Trinajstić information content (AvgIpc) is 2.45. The van der Waals surface area contributed by atoms with Crippen LogP contribution in [-0.4, -0.2) is 6.04 Å². The van der Waals surface area contributed by atoms with Crippen molar-refractivity contribution in [3.8, 4) is 5.75 Å². The van der Waals surface area contributed by atoms with Crippen LogP contribution in [0.25, 0.3) is 0 Å². The molecule has 0 aliphatic heterocycles. The van der Waals surface area contributed by atoms with E-state index in [1.165, 1.54) is 18.2 Å². The molecule has 2 aromatic rings. The van der Waals surface area contributed by atoms with E-state index in [-0.39, 0.29) is 12.2 Å². The molecule has 2 nitrogen and oxygen atoms in total. The van der Waals surface area contributed by atoms with Crippen molar-refractivity contribution in [2.24, 2.45) is 0 Å². The molecule has 1 N–H and O–H groups in total. The highest BCUT2D eigenvalue weighted by Crippen LogP contribution is 2.18. The maximum atomic E-state index is 13.5. The van der Waals surface area contributed by atoms with Crippen LogP contribution < -0.4 is 10.1 Å². The van der Waals surface area contributed by atoms with E-state index in [9.17, 15) is 8.78 Å². The van der Waals surface area contributed by atoms with Crippen molar-refractivity contribution in [2.75, 3.05) is 0 Å². The molecule has 0 atom stereocenters. The summed E-state index contributed by atoms with van der Waals surface area (Å²) in [5.74, 6) is -0.582. The molecule has 2 aromatic carbocycles. The minimum Gasteiger partial charge on any atom is -0.489 e. The average molecular weight is 291 g/mol. The summed E-state index contributed by atoms with van der Waals surface area (Å²) in [7, 11) is 0. The molecular weight excluding hydrogens is 272 g/mol. The zero-order chi connectivity index (χ0) is 15.2. The number of benzene rings is 2. The molecule has 0 aromatic heterocycles. The molecule has 0 heterocycles. The summed E-state index contributed by atoms with van der Waals surface area (Å²) in [6, 6.07) is 11.7. The van der Waals surface area contributed by atoms with Crippen molar-refractivity contribution in [3.63, 3.8) is 0 Å². The first kappa shape index (κ1) is 15.4. The zero-order valence-electron chi connectivity index (χ0n) is 12.2. The van der Waals surface area contributed by atoms with Crippen LogP contribution >= 0.6 is 0 Å². The Kier molecular flexibility index (Phi) is 5.28. The van der Waals surface area contributed by atoms with Crippen molar-refractivity contribution in [3.05, 3.63) is 65.2 Å². The van der Waals surface area contributed by atoms with E-state index in [0.29, 0.717) is 11.8 Å². The molecule has 0 saturated carbocycles. The first-order valence-electron chi connectivity index (χ1n) is 6.94. The van der Waals surface area contributed by atoms with Gasteiger partial charge in [0.25, 0.3) is 0 Å². The molecule has 0 amide bonds. The highest BCUT2D eigenvalue weighted by molar-refractivity contribution is 5.29. The van der Waals surface area contributed by atoms with Gasteiger partial charge in [-0.3, -0.25) is 0 Å². The summed E-state index contributed by atoms with van der Waals surface area (Å²) in [5, 5.41) is 3.31. The lowest BCUT2D eigenvalue weighted by atomic mass is 10.2. The Morgan fingerprint density at radius 3 is 2.38 bits per heavy atom. The number of nitrogens with one attached hydrogen (secondary N) is 1. The molecule has 0 aliphatic rings. The fourth-order valence-electron chi connectivity index (χ4n) is 1.89. The molecule has 112 valence electrons. The lowest BCUT2D eigenvalue weighted by Gasteiger charge is -2.11. The molecule has 2 rings (SSSR count). The van der Waals surface area contributed by atoms with Gasteiger partial charge in [-0.25, -0.2) is 8.78 Å². The van der Waals surface area contributed by atoms with Crippen molar-refractivity contribution < 1.29 is 13.5 Å². The van der Waals surface area contributed by atoms with Gasteiger partial charge in [0.2, 0.25) is 0 Å². The first-order chi connectivity index (χ1) is 10.1. The van der Waals surface area contributed by atoms with E-state index in [1.54, 1.807) is 6.07 Å². The van der Waals surface area contributed by atoms with Gasteiger partial charge in [-0.15, -0.1) is 0 Å². The number of rotatable bonds is 6. The molecule has 0 aliphatic carbocycles. The van der Waals surface area contributed by atoms with Gasteiger partial charge >= 0.3 is 0 Å². The van der Waals surface area contributed by atoms with Crippen LogP contribution in [0.4, 0.5) is 8.78 Å². The van der Waals surface area contributed by atoms with Gasteiger partial charge < -0.3 is 10.1 Å². The van der Waals surface area contributed by atoms with Crippen LogP contribution in [0, 0.1) is 11.6 Å². The van der Waals surface area contributed by atoms with Crippen molar-refractivity contribution in [1.29, 1.82) is 0 Å². The highest BCUT2D eigenvalue weighted by atomic mass is 19.1. The van der Waals surface area contributed by atoms with Crippen LogP contribution in [0.2, 0.25) is 0 Å². The van der Waals surface area contributed by atoms with E-state index in [0.717, 1.165) is 12.1 Å². The standard InChI is InChI=1S/C17H19F2NO/c1-12(2)20-10-13-5-3-6-14(9-13)21-11-15-16(18)7-4-8-17(15)19/h3-9,12,20H,10-11H2,1-2H3. The fourth-order valence-corrected chi connectivity index (χ4v) is 1.89. The van der Waals surface area contributed by atoms with Crippen molar-refractivity contribution >= 4 is 0 Å². The Morgan fingerprint density at radius 2 is 1.71 bits per heavy atom. The van der Waals surface area contributed by atoms with Crippen molar-refractivity contribution in [2.45, 2.75) is 33.0 Å². The Morgan fingerprint density at radius 1 is 1.05 bits per heavy atom. The van der Waals surface area contributed by atoms with E-state index >= 15 is 0 Å². The van der Waals surface area contributed by atoms with Crippen molar-refractivity contribution in [1.82, 2.24) is 5.32 Å². The molecule has 0 bridgehead atoms. The smallest absolute Gasteiger partial charge is 0.132 e. The maximum Gasteiger partial charge on any atom is 0.132 e. The third-order valence-electron chi connectivity index (χ3n) is 3.06. The summed E-state index contributed by atoms with van der Waals surface area (Å²) in [5.41, 5.74) is 1.01. The fraction of sp³-hybridized carbons (Fsp3) is 0.294. The van der Waals surface area contributed by atoms with Crippen LogP contribution in [0.15, 0.2) is 42.5 Å². The topological polar surface area (TPSA) is 21.3 Å². The number of hydrogen-bond acceptors (Lipinski definition) is 2. The first-order valence-corrected chi connectivity index (χ1v) is 6.94. The summed E-state index contributed by atoms with van der Waals surface area (Å²) >= 11 is 0. The third kappa shape index (κ3) is 4.53. The maximum absolute atomic E-state index is 13.5. The quantitative estimate of drug-likeness (QED) is 0.867. The summed E-state index contributed by atoms with van der Waals surface area (Å²) in [6.45, 7) is 4.74. The number of ether oxygens (including phenoxy) is 1. The SMILES string of the molecule is CC(C)NCc1cccc(OCc2c(F)cccc2F)c1. The Balaban J connectivity index is 2.01. The molecule has 0 spiro atoms. The second-order valence-corrected chi connectivity index (χ2v) is 5.17. The lowest BCUT2D eigenvalue weighted by molar-refractivity contribution is 0.292. The van der Waals surface area contributed by atoms with E-state index in [1.807, 2.05) is 18.2 Å². The number of hydrogen-bond donors (Lipinski definition) is 1. The zero-order valence-corrected chi connectivity index (χ0v) is 12.2. The van der Waals surface area contributed by atoms with Crippen LogP contribution in [0.1, 0.15) is 25.0 Å². The van der Waals surface area contributed by atoms with Gasteiger partial charge in [0.1, 0.15) is 24.0 Å². The third-order valence-corrected chi connectivity index (χ3v) is 3.06. The van der Waals surface area contributed by atoms with E-state index < -0.39 is 11.6 Å². The highest BCUT2D eigenvalue weighted by Gasteiger charge is 2.09. The predicted octanol–water partition coefficient (Wildman–Crippen LogP) is 4.04. The Bertz CT molecular complexity index is 579. The second-order valence-electron chi connectivity index (χ2n) is 5.17. The van der Waals surface area contributed by atoms with E-state index in [2.05, 4.69) is 19.2 Å². The van der Waals surface area contributed by atoms with Crippen LogP contribution in [0.3, 0.4) is 0 Å². The van der Waals surface area contributed by atoms with E-state index in [4.69, 9.17) is 4.74 Å². The molecule has 21 heavy (non-hydrogen) atoms. The normalized spacial score (nSPS) is 10.9. The molecular formula is C17H19F2NO. The summed E-state index contributed by atoms with van der Waals surface area (Å²) in [4.78, 5) is 0. The van der Waals surface area contributed by atoms with Gasteiger partial charge in [0, 0.05) is 12.6 Å². The monoisotopic (exact) mass is 291 g/mol. The second kappa shape index (κ2) is 7.18. The molecule has 0 saturated heterocycles.